The number of nitrogens with two attached hydrogens (primary N) is 1. The van der Waals surface area contributed by atoms with Crippen LogP contribution < -0.4 is 10.5 Å². The highest BCUT2D eigenvalue weighted by molar-refractivity contribution is 7.07. The molecule has 5 heteroatoms. The van der Waals surface area contributed by atoms with Crippen molar-refractivity contribution in [1.29, 1.82) is 0 Å². The zero-order chi connectivity index (χ0) is 15.1. The number of hydrogen-bond acceptors (Lipinski definition) is 5. The summed E-state index contributed by atoms with van der Waals surface area (Å²) in [7, 11) is 3.74. The summed E-state index contributed by atoms with van der Waals surface area (Å²) < 4.78 is 5.30. The molecule has 0 aliphatic heterocycles. The van der Waals surface area contributed by atoms with Crippen LogP contribution in [0.2, 0.25) is 0 Å². The molecular weight excluding hydrogens is 282 g/mol. The van der Waals surface area contributed by atoms with Gasteiger partial charge in [0.15, 0.2) is 0 Å². The Balaban J connectivity index is 2.15. The predicted molar refractivity (Wildman–Crippen MR) is 86.2 cm³/mol. The minimum atomic E-state index is 0.361. The number of methoxy groups -OCH3 is 1. The van der Waals surface area contributed by atoms with Gasteiger partial charge >= 0.3 is 0 Å². The lowest BCUT2D eigenvalue weighted by Gasteiger charge is -2.17. The van der Waals surface area contributed by atoms with Crippen molar-refractivity contribution in [1.82, 2.24) is 9.88 Å². The van der Waals surface area contributed by atoms with Gasteiger partial charge in [0.25, 0.3) is 0 Å². The van der Waals surface area contributed by atoms with Crippen LogP contribution in [0.3, 0.4) is 0 Å². The second-order valence-corrected chi connectivity index (χ2v) is 5.40. The zero-order valence-corrected chi connectivity index (χ0v) is 13.1. The first-order valence-electron chi connectivity index (χ1n) is 6.64. The molecule has 0 bridgehead atoms. The van der Waals surface area contributed by atoms with E-state index in [1.807, 2.05) is 23.7 Å². The summed E-state index contributed by atoms with van der Waals surface area (Å²) in [6.45, 7) is 1.95. The normalized spacial score (nSPS) is 10.3. The molecule has 0 spiro atoms. The van der Waals surface area contributed by atoms with E-state index in [0.29, 0.717) is 6.54 Å². The summed E-state index contributed by atoms with van der Waals surface area (Å²) >= 11 is 1.61. The fraction of sp³-hybridized carbons (Fsp3) is 0.312. The quantitative estimate of drug-likeness (QED) is 0.859. The number of rotatable bonds is 5. The van der Waals surface area contributed by atoms with Gasteiger partial charge in [0.2, 0.25) is 0 Å². The van der Waals surface area contributed by atoms with Gasteiger partial charge in [-0.1, -0.05) is 11.8 Å². The van der Waals surface area contributed by atoms with Crippen LogP contribution in [0.25, 0.3) is 0 Å². The molecule has 2 aromatic rings. The van der Waals surface area contributed by atoms with Crippen LogP contribution in [0.15, 0.2) is 29.1 Å². The maximum absolute atomic E-state index is 5.46. The van der Waals surface area contributed by atoms with Gasteiger partial charge in [-0.2, -0.15) is 0 Å². The number of thiazole rings is 1. The van der Waals surface area contributed by atoms with Crippen molar-refractivity contribution in [3.63, 3.8) is 0 Å². The van der Waals surface area contributed by atoms with Gasteiger partial charge < -0.3 is 10.5 Å². The van der Waals surface area contributed by atoms with Crippen LogP contribution in [0.4, 0.5) is 0 Å². The molecule has 0 saturated heterocycles. The van der Waals surface area contributed by atoms with Crippen LogP contribution >= 0.6 is 11.3 Å². The standard InChI is InChI=1S/C16H19N3OS/c1-19(10-15-11-21-12-18-15)9-14-8-16(20-2)6-5-13(14)4-3-7-17/h5-6,8,11-12H,7,9-10,17H2,1-2H3. The van der Waals surface area contributed by atoms with Gasteiger partial charge in [-0.05, 0) is 30.8 Å². The van der Waals surface area contributed by atoms with E-state index in [-0.39, 0.29) is 0 Å². The molecular formula is C16H19N3OS. The minimum Gasteiger partial charge on any atom is -0.497 e. The molecule has 0 aliphatic carbocycles. The molecule has 0 aliphatic rings. The number of nitrogens with zero attached hydrogens (tertiary/aromatic N) is 2. The number of ether oxygens (including phenoxy) is 1. The summed E-state index contributed by atoms with van der Waals surface area (Å²) in [4.78, 5) is 6.52. The van der Waals surface area contributed by atoms with Crippen molar-refractivity contribution < 1.29 is 4.74 Å². The molecule has 1 aromatic heterocycles. The van der Waals surface area contributed by atoms with Crippen molar-refractivity contribution in [3.8, 4) is 17.6 Å². The van der Waals surface area contributed by atoms with Crippen molar-refractivity contribution in [2.75, 3.05) is 20.7 Å². The SMILES string of the molecule is COc1ccc(C#CCN)c(CN(C)Cc2cscn2)c1. The van der Waals surface area contributed by atoms with Crippen molar-refractivity contribution in [2.24, 2.45) is 5.73 Å². The molecule has 21 heavy (non-hydrogen) atoms. The van der Waals surface area contributed by atoms with Crippen molar-refractivity contribution in [3.05, 3.63) is 45.9 Å². The fourth-order valence-corrected chi connectivity index (χ4v) is 2.58. The first-order valence-corrected chi connectivity index (χ1v) is 7.58. The van der Waals surface area contributed by atoms with Gasteiger partial charge in [-0.3, -0.25) is 4.90 Å². The highest BCUT2D eigenvalue weighted by Gasteiger charge is 2.08. The third-order valence-electron chi connectivity index (χ3n) is 2.99. The van der Waals surface area contributed by atoms with E-state index in [1.54, 1.807) is 18.4 Å². The molecule has 2 rings (SSSR count). The summed E-state index contributed by atoms with van der Waals surface area (Å²) in [5.41, 5.74) is 10.5. The van der Waals surface area contributed by atoms with E-state index in [1.165, 1.54) is 0 Å². The molecule has 1 aromatic carbocycles. The van der Waals surface area contributed by atoms with E-state index in [4.69, 9.17) is 10.5 Å². The maximum Gasteiger partial charge on any atom is 0.119 e. The maximum atomic E-state index is 5.46. The Labute approximate surface area is 129 Å². The van der Waals surface area contributed by atoms with E-state index >= 15 is 0 Å². The third kappa shape index (κ3) is 4.57. The Hall–Kier alpha value is -1.87. The molecule has 1 heterocycles. The monoisotopic (exact) mass is 301 g/mol. The van der Waals surface area contributed by atoms with Crippen LogP contribution in [-0.2, 0) is 13.1 Å². The lowest BCUT2D eigenvalue weighted by Crippen LogP contribution is -2.18. The number of hydrogen-bond donors (Lipinski definition) is 1. The molecule has 0 saturated carbocycles. The lowest BCUT2D eigenvalue weighted by atomic mass is 10.1. The molecule has 0 atom stereocenters. The summed E-state index contributed by atoms with van der Waals surface area (Å²) in [5, 5.41) is 2.07. The topological polar surface area (TPSA) is 51.4 Å². The molecule has 0 unspecified atom stereocenters. The third-order valence-corrected chi connectivity index (χ3v) is 3.63. The Kier molecular flexibility index (Phi) is 5.76. The predicted octanol–water partition coefficient (Wildman–Crippen LogP) is 2.09. The second kappa shape index (κ2) is 7.79. The van der Waals surface area contributed by atoms with Crippen molar-refractivity contribution in [2.45, 2.75) is 13.1 Å². The van der Waals surface area contributed by atoms with Gasteiger partial charge in [-0.25, -0.2) is 4.98 Å². The highest BCUT2D eigenvalue weighted by atomic mass is 32.1. The molecule has 0 radical (unpaired) electrons. The summed E-state index contributed by atoms with van der Waals surface area (Å²) in [6.07, 6.45) is 0. The van der Waals surface area contributed by atoms with Crippen LogP contribution in [0.5, 0.6) is 5.75 Å². The first kappa shape index (κ1) is 15.5. The van der Waals surface area contributed by atoms with Crippen LogP contribution in [-0.4, -0.2) is 30.6 Å². The van der Waals surface area contributed by atoms with Gasteiger partial charge in [-0.15, -0.1) is 11.3 Å². The van der Waals surface area contributed by atoms with Crippen LogP contribution in [0.1, 0.15) is 16.8 Å². The molecule has 2 N–H and O–H groups in total. The Bertz CT molecular complexity index is 629. The number of benzene rings is 1. The zero-order valence-electron chi connectivity index (χ0n) is 12.3. The summed E-state index contributed by atoms with van der Waals surface area (Å²) in [5.74, 6) is 6.86. The largest absolute Gasteiger partial charge is 0.497 e. The lowest BCUT2D eigenvalue weighted by molar-refractivity contribution is 0.314. The van der Waals surface area contributed by atoms with Gasteiger partial charge in [0, 0.05) is 24.0 Å². The Morgan fingerprint density at radius 3 is 2.90 bits per heavy atom. The Morgan fingerprint density at radius 2 is 2.24 bits per heavy atom. The van der Waals surface area contributed by atoms with E-state index in [9.17, 15) is 0 Å². The summed E-state index contributed by atoms with van der Waals surface area (Å²) in [6, 6.07) is 5.93. The van der Waals surface area contributed by atoms with Crippen molar-refractivity contribution >= 4 is 11.3 Å². The van der Waals surface area contributed by atoms with Crippen LogP contribution in [0, 0.1) is 11.8 Å². The smallest absolute Gasteiger partial charge is 0.119 e. The molecule has 110 valence electrons. The van der Waals surface area contributed by atoms with E-state index < -0.39 is 0 Å². The first-order chi connectivity index (χ1) is 10.2. The number of aromatic nitrogens is 1. The average Bonchev–Trinajstić information content (AvgIpc) is 2.98. The van der Waals surface area contributed by atoms with E-state index in [2.05, 4.69) is 34.2 Å². The molecule has 0 amide bonds. The highest BCUT2D eigenvalue weighted by Crippen LogP contribution is 2.19. The molecule has 0 fully saturated rings. The van der Waals surface area contributed by atoms with Gasteiger partial charge in [0.1, 0.15) is 5.75 Å². The van der Waals surface area contributed by atoms with Gasteiger partial charge in [0.05, 0.1) is 24.9 Å². The average molecular weight is 301 g/mol. The second-order valence-electron chi connectivity index (χ2n) is 4.68. The minimum absolute atomic E-state index is 0.361. The fourth-order valence-electron chi connectivity index (χ4n) is 2.03. The molecule has 4 nitrogen and oxygen atoms in total. The van der Waals surface area contributed by atoms with E-state index in [0.717, 1.165) is 35.7 Å². The Morgan fingerprint density at radius 1 is 1.38 bits per heavy atom.